The number of aliphatic hydroxyl groups excluding tert-OH is 1. The highest BCUT2D eigenvalue weighted by Gasteiger charge is 2.38. The van der Waals surface area contributed by atoms with Crippen molar-refractivity contribution in [3.63, 3.8) is 0 Å². The molecule has 3 N–H and O–H groups in total. The van der Waals surface area contributed by atoms with Crippen molar-refractivity contribution in [3.8, 4) is 0 Å². The van der Waals surface area contributed by atoms with Crippen LogP contribution in [0.25, 0.3) is 0 Å². The van der Waals surface area contributed by atoms with Crippen LogP contribution in [0, 0.1) is 0 Å². The summed E-state index contributed by atoms with van der Waals surface area (Å²) in [5.41, 5.74) is 0.754. The third kappa shape index (κ3) is 4.65. The molecule has 0 aromatic heterocycles. The lowest BCUT2D eigenvalue weighted by Gasteiger charge is -2.34. The van der Waals surface area contributed by atoms with Crippen LogP contribution in [0.4, 0.5) is 0 Å². The second kappa shape index (κ2) is 9.14. The van der Waals surface area contributed by atoms with Crippen LogP contribution in [-0.2, 0) is 15.1 Å². The van der Waals surface area contributed by atoms with Crippen molar-refractivity contribution < 1.29 is 24.2 Å². The van der Waals surface area contributed by atoms with Crippen molar-refractivity contribution >= 4 is 17.8 Å². The summed E-state index contributed by atoms with van der Waals surface area (Å²) in [6.07, 6.45) is 2.89. The highest BCUT2D eigenvalue weighted by molar-refractivity contribution is 6.00. The number of carbonyl (C=O) groups excluding carboxylic acids is 3. The first-order valence-corrected chi connectivity index (χ1v) is 10.6. The van der Waals surface area contributed by atoms with E-state index in [-0.39, 0.29) is 31.0 Å². The summed E-state index contributed by atoms with van der Waals surface area (Å²) in [6, 6.07) is 4.11. The van der Waals surface area contributed by atoms with Gasteiger partial charge in [0.2, 0.25) is 5.91 Å². The maximum absolute atomic E-state index is 12.6. The fraction of sp³-hybridized carbons (Fsp3) is 0.591. The van der Waals surface area contributed by atoms with Gasteiger partial charge in [-0.15, -0.1) is 0 Å². The van der Waals surface area contributed by atoms with Gasteiger partial charge in [0.25, 0.3) is 5.91 Å². The predicted octanol–water partition coefficient (Wildman–Crippen LogP) is 1.17. The molecule has 3 rings (SSSR count). The third-order valence-corrected chi connectivity index (χ3v) is 5.90. The number of rotatable bonds is 7. The van der Waals surface area contributed by atoms with E-state index in [0.29, 0.717) is 11.1 Å². The summed E-state index contributed by atoms with van der Waals surface area (Å²) in [7, 11) is 0. The number of benzene rings is 1. The topological polar surface area (TPSA) is 108 Å². The zero-order valence-corrected chi connectivity index (χ0v) is 17.9. The molecular formula is C22H31N3O5. The smallest absolute Gasteiger partial charge is 0.339 e. The number of likely N-dealkylation sites (N-methyl/N-ethyl adjacent to an activating group) is 1. The Bertz CT molecular complexity index is 823. The number of ether oxygens (including phenoxy) is 1. The van der Waals surface area contributed by atoms with Crippen molar-refractivity contribution in [1.29, 1.82) is 0 Å². The summed E-state index contributed by atoms with van der Waals surface area (Å²) in [4.78, 5) is 39.4. The Labute approximate surface area is 177 Å². The van der Waals surface area contributed by atoms with Gasteiger partial charge in [0, 0.05) is 17.7 Å². The van der Waals surface area contributed by atoms with E-state index in [4.69, 9.17) is 4.74 Å². The molecule has 0 bridgehead atoms. The molecule has 2 aliphatic heterocycles. The molecule has 1 aromatic rings. The first kappa shape index (κ1) is 22.2. The number of amides is 2. The molecule has 1 saturated heterocycles. The number of nitrogens with zero attached hydrogens (tertiary/aromatic N) is 1. The second-order valence-corrected chi connectivity index (χ2v) is 8.40. The molecule has 1 fully saturated rings. The average molecular weight is 418 g/mol. The number of esters is 1. The number of fused-ring (bicyclic) bond motifs is 1. The van der Waals surface area contributed by atoms with Gasteiger partial charge in [-0.1, -0.05) is 19.4 Å². The first-order chi connectivity index (χ1) is 14.3. The van der Waals surface area contributed by atoms with E-state index in [1.807, 2.05) is 6.92 Å². The lowest BCUT2D eigenvalue weighted by Crippen LogP contribution is -2.54. The maximum atomic E-state index is 12.6. The van der Waals surface area contributed by atoms with Gasteiger partial charge in [-0.2, -0.15) is 0 Å². The molecule has 2 unspecified atom stereocenters. The van der Waals surface area contributed by atoms with Crippen LogP contribution in [0.1, 0.15) is 66.3 Å². The minimum Gasteiger partial charge on any atom is -0.451 e. The standard InChI is InChI=1S/C22H31N3O5/c1-4-25-10-6-5-7-18(25)20(28)24-15(13-26)12-23-19(27)14-8-9-17-16(11-14)21(29)30-22(17,2)3/h8-9,11,15,18,26H,4-7,10,12-13H2,1-3H3,(H,23,27)(H,24,28). The Balaban J connectivity index is 1.59. The average Bonchev–Trinajstić information content (AvgIpc) is 2.98. The molecule has 0 spiro atoms. The number of hydrogen-bond acceptors (Lipinski definition) is 6. The van der Waals surface area contributed by atoms with Gasteiger partial charge in [0.05, 0.1) is 24.3 Å². The first-order valence-electron chi connectivity index (χ1n) is 10.6. The molecule has 164 valence electrons. The molecule has 8 heteroatoms. The van der Waals surface area contributed by atoms with E-state index in [9.17, 15) is 19.5 Å². The van der Waals surface area contributed by atoms with E-state index in [1.165, 1.54) is 6.07 Å². The fourth-order valence-corrected chi connectivity index (χ4v) is 4.16. The zero-order valence-electron chi connectivity index (χ0n) is 17.9. The largest absolute Gasteiger partial charge is 0.451 e. The van der Waals surface area contributed by atoms with Crippen molar-refractivity contribution in [3.05, 3.63) is 34.9 Å². The molecular weight excluding hydrogens is 386 g/mol. The van der Waals surface area contributed by atoms with Crippen LogP contribution >= 0.6 is 0 Å². The van der Waals surface area contributed by atoms with Crippen LogP contribution in [-0.4, -0.2) is 66.1 Å². The fourth-order valence-electron chi connectivity index (χ4n) is 4.16. The highest BCUT2D eigenvalue weighted by Crippen LogP contribution is 2.36. The molecule has 0 radical (unpaired) electrons. The van der Waals surface area contributed by atoms with Crippen LogP contribution in [0.5, 0.6) is 0 Å². The van der Waals surface area contributed by atoms with E-state index in [0.717, 1.165) is 37.9 Å². The lowest BCUT2D eigenvalue weighted by atomic mass is 9.94. The van der Waals surface area contributed by atoms with Gasteiger partial charge in [0.15, 0.2) is 0 Å². The minimum atomic E-state index is -0.709. The number of piperidine rings is 1. The minimum absolute atomic E-state index is 0.0902. The second-order valence-electron chi connectivity index (χ2n) is 8.40. The molecule has 2 atom stereocenters. The number of hydrogen-bond donors (Lipinski definition) is 3. The highest BCUT2D eigenvalue weighted by atomic mass is 16.6. The zero-order chi connectivity index (χ0) is 21.9. The summed E-state index contributed by atoms with van der Waals surface area (Å²) in [5, 5.41) is 15.2. The summed E-state index contributed by atoms with van der Waals surface area (Å²) < 4.78 is 5.33. The third-order valence-electron chi connectivity index (χ3n) is 5.90. The Kier molecular flexibility index (Phi) is 6.77. The maximum Gasteiger partial charge on any atom is 0.339 e. The van der Waals surface area contributed by atoms with Gasteiger partial charge in [0.1, 0.15) is 5.60 Å². The molecule has 0 aliphatic carbocycles. The van der Waals surface area contributed by atoms with Gasteiger partial charge in [-0.25, -0.2) is 4.79 Å². The molecule has 2 aliphatic rings. The number of cyclic esters (lactones) is 1. The Morgan fingerprint density at radius 1 is 1.33 bits per heavy atom. The van der Waals surface area contributed by atoms with Crippen LogP contribution in [0.2, 0.25) is 0 Å². The van der Waals surface area contributed by atoms with Crippen LogP contribution < -0.4 is 10.6 Å². The van der Waals surface area contributed by atoms with Crippen molar-refractivity contribution in [2.75, 3.05) is 26.2 Å². The number of carbonyl (C=O) groups is 3. The van der Waals surface area contributed by atoms with E-state index in [2.05, 4.69) is 15.5 Å². The molecule has 2 amide bonds. The SMILES string of the molecule is CCN1CCCCC1C(=O)NC(CO)CNC(=O)c1ccc2c(c1)C(=O)OC2(C)C. The van der Waals surface area contributed by atoms with Crippen LogP contribution in [0.3, 0.4) is 0 Å². The number of nitrogens with one attached hydrogen (secondary N) is 2. The lowest BCUT2D eigenvalue weighted by molar-refractivity contribution is -0.128. The van der Waals surface area contributed by atoms with Gasteiger partial charge in [-0.05, 0) is 51.9 Å². The molecule has 2 heterocycles. The Morgan fingerprint density at radius 3 is 2.80 bits per heavy atom. The molecule has 0 saturated carbocycles. The van der Waals surface area contributed by atoms with E-state index in [1.54, 1.807) is 26.0 Å². The quantitative estimate of drug-likeness (QED) is 0.575. The van der Waals surface area contributed by atoms with Crippen molar-refractivity contribution in [2.24, 2.45) is 0 Å². The molecule has 8 nitrogen and oxygen atoms in total. The van der Waals surface area contributed by atoms with Crippen molar-refractivity contribution in [1.82, 2.24) is 15.5 Å². The summed E-state index contributed by atoms with van der Waals surface area (Å²) in [5.74, 6) is -0.943. The summed E-state index contributed by atoms with van der Waals surface area (Å²) in [6.45, 7) is 7.14. The number of likely N-dealkylation sites (tertiary alicyclic amines) is 1. The Hall–Kier alpha value is -2.45. The van der Waals surface area contributed by atoms with E-state index >= 15 is 0 Å². The van der Waals surface area contributed by atoms with E-state index < -0.39 is 17.6 Å². The van der Waals surface area contributed by atoms with Crippen LogP contribution in [0.15, 0.2) is 18.2 Å². The van der Waals surface area contributed by atoms with Gasteiger partial charge >= 0.3 is 5.97 Å². The molecule has 30 heavy (non-hydrogen) atoms. The normalized spacial score (nSPS) is 21.5. The molecule has 1 aromatic carbocycles. The van der Waals surface area contributed by atoms with Gasteiger partial charge in [-0.3, -0.25) is 14.5 Å². The monoisotopic (exact) mass is 417 g/mol. The summed E-state index contributed by atoms with van der Waals surface area (Å²) >= 11 is 0. The van der Waals surface area contributed by atoms with Gasteiger partial charge < -0.3 is 20.5 Å². The predicted molar refractivity (Wildman–Crippen MR) is 111 cm³/mol. The number of aliphatic hydroxyl groups is 1. The Morgan fingerprint density at radius 2 is 2.10 bits per heavy atom. The van der Waals surface area contributed by atoms with Crippen molar-refractivity contribution in [2.45, 2.75) is 57.7 Å².